The highest BCUT2D eigenvalue weighted by Crippen LogP contribution is 2.22. The molecule has 4 heteroatoms. The van der Waals surface area contributed by atoms with Crippen LogP contribution in [0.4, 0.5) is 4.39 Å². The molecule has 2 aromatic rings. The lowest BCUT2D eigenvalue weighted by atomic mass is 10.0. The second-order valence-corrected chi connectivity index (χ2v) is 3.86. The highest BCUT2D eigenvalue weighted by molar-refractivity contribution is 6.10. The van der Waals surface area contributed by atoms with Gasteiger partial charge in [0.15, 0.2) is 5.78 Å². The summed E-state index contributed by atoms with van der Waals surface area (Å²) in [6, 6.07) is 7.25. The molecule has 0 saturated carbocycles. The number of ketones is 1. The lowest BCUT2D eigenvalue weighted by Crippen LogP contribution is -2.05. The van der Waals surface area contributed by atoms with Gasteiger partial charge in [-0.15, -0.1) is 0 Å². The van der Waals surface area contributed by atoms with Gasteiger partial charge in [0.25, 0.3) is 0 Å². The number of aryl methyl sites for hydroxylation is 1. The normalized spacial score (nSPS) is 10.2. The molecule has 0 aliphatic rings. The van der Waals surface area contributed by atoms with E-state index in [-0.39, 0.29) is 11.3 Å². The minimum absolute atomic E-state index is 0.197. The predicted octanol–water partition coefficient (Wildman–Crippen LogP) is 2.77. The number of carbonyl (C=O) groups is 1. The lowest BCUT2D eigenvalue weighted by molar-refractivity contribution is 0.103. The lowest BCUT2D eigenvalue weighted by Gasteiger charge is -2.07. The molecule has 1 heterocycles. The number of pyridine rings is 1. The van der Waals surface area contributed by atoms with Crippen LogP contribution in [0.5, 0.6) is 5.75 Å². The number of ether oxygens (including phenoxy) is 1. The van der Waals surface area contributed by atoms with Gasteiger partial charge in [0.2, 0.25) is 0 Å². The largest absolute Gasteiger partial charge is 0.496 e. The van der Waals surface area contributed by atoms with E-state index in [1.807, 2.05) is 6.92 Å². The molecular weight excluding hydrogens is 233 g/mol. The predicted molar refractivity (Wildman–Crippen MR) is 65.4 cm³/mol. The Labute approximate surface area is 104 Å². The van der Waals surface area contributed by atoms with E-state index in [9.17, 15) is 9.18 Å². The summed E-state index contributed by atoms with van der Waals surface area (Å²) in [7, 11) is 1.44. The number of halogens is 1. The van der Waals surface area contributed by atoms with Crippen molar-refractivity contribution >= 4 is 5.78 Å². The first-order valence-corrected chi connectivity index (χ1v) is 5.42. The standard InChI is InChI=1S/C14H12FNO2/c1-9-3-4-10(8-16-9)14(17)12-7-11(15)5-6-13(12)18-2/h3-8H,1-2H3. The molecule has 0 atom stereocenters. The fourth-order valence-electron chi connectivity index (χ4n) is 1.62. The SMILES string of the molecule is COc1ccc(F)cc1C(=O)c1ccc(C)nc1. The molecule has 0 radical (unpaired) electrons. The Morgan fingerprint density at radius 3 is 2.67 bits per heavy atom. The molecule has 0 N–H and O–H groups in total. The molecule has 0 amide bonds. The zero-order valence-corrected chi connectivity index (χ0v) is 10.1. The summed E-state index contributed by atoms with van der Waals surface area (Å²) < 4.78 is 18.3. The van der Waals surface area contributed by atoms with Gasteiger partial charge in [-0.1, -0.05) is 0 Å². The maximum absolute atomic E-state index is 13.2. The first-order valence-electron chi connectivity index (χ1n) is 5.42. The molecule has 92 valence electrons. The van der Waals surface area contributed by atoms with Crippen molar-refractivity contribution < 1.29 is 13.9 Å². The molecule has 0 aliphatic carbocycles. The fourth-order valence-corrected chi connectivity index (χ4v) is 1.62. The van der Waals surface area contributed by atoms with E-state index >= 15 is 0 Å². The van der Waals surface area contributed by atoms with Crippen molar-refractivity contribution in [3.05, 3.63) is 59.2 Å². The van der Waals surface area contributed by atoms with E-state index in [1.54, 1.807) is 12.1 Å². The number of benzene rings is 1. The van der Waals surface area contributed by atoms with Crippen LogP contribution in [0, 0.1) is 12.7 Å². The van der Waals surface area contributed by atoms with Crippen LogP contribution in [0.2, 0.25) is 0 Å². The van der Waals surface area contributed by atoms with Crippen molar-refractivity contribution in [3.8, 4) is 5.75 Å². The van der Waals surface area contributed by atoms with Crippen LogP contribution >= 0.6 is 0 Å². The van der Waals surface area contributed by atoms with Gasteiger partial charge in [-0.05, 0) is 37.3 Å². The van der Waals surface area contributed by atoms with E-state index in [4.69, 9.17) is 4.74 Å². The zero-order chi connectivity index (χ0) is 13.1. The van der Waals surface area contributed by atoms with Crippen LogP contribution in [0.25, 0.3) is 0 Å². The number of methoxy groups -OCH3 is 1. The first-order chi connectivity index (χ1) is 8.61. The third kappa shape index (κ3) is 2.37. The average molecular weight is 245 g/mol. The minimum Gasteiger partial charge on any atom is -0.496 e. The van der Waals surface area contributed by atoms with Gasteiger partial charge in [-0.25, -0.2) is 4.39 Å². The van der Waals surface area contributed by atoms with Gasteiger partial charge in [-0.3, -0.25) is 9.78 Å². The Morgan fingerprint density at radius 1 is 1.28 bits per heavy atom. The van der Waals surface area contributed by atoms with Gasteiger partial charge >= 0.3 is 0 Å². The van der Waals surface area contributed by atoms with Crippen LogP contribution in [-0.2, 0) is 0 Å². The molecule has 2 rings (SSSR count). The second-order valence-electron chi connectivity index (χ2n) is 3.86. The molecule has 0 bridgehead atoms. The monoisotopic (exact) mass is 245 g/mol. The van der Waals surface area contributed by atoms with E-state index in [0.717, 1.165) is 5.69 Å². The second kappa shape index (κ2) is 4.96. The van der Waals surface area contributed by atoms with Crippen molar-refractivity contribution in [2.24, 2.45) is 0 Å². The highest BCUT2D eigenvalue weighted by atomic mass is 19.1. The summed E-state index contributed by atoms with van der Waals surface area (Å²) in [5, 5.41) is 0. The topological polar surface area (TPSA) is 39.2 Å². The zero-order valence-electron chi connectivity index (χ0n) is 10.1. The van der Waals surface area contributed by atoms with Crippen LogP contribution in [0.3, 0.4) is 0 Å². The van der Waals surface area contributed by atoms with E-state index in [1.165, 1.54) is 31.5 Å². The summed E-state index contributed by atoms with van der Waals surface area (Å²) >= 11 is 0. The molecule has 1 aromatic carbocycles. The number of hydrogen-bond donors (Lipinski definition) is 0. The molecule has 0 aliphatic heterocycles. The summed E-state index contributed by atoms with van der Waals surface area (Å²) in [5.41, 5.74) is 1.42. The van der Waals surface area contributed by atoms with Gasteiger partial charge < -0.3 is 4.74 Å². The van der Waals surface area contributed by atoms with Gasteiger partial charge in [0, 0.05) is 17.5 Å². The van der Waals surface area contributed by atoms with Crippen LogP contribution in [0.1, 0.15) is 21.6 Å². The fraction of sp³-hybridized carbons (Fsp3) is 0.143. The van der Waals surface area contributed by atoms with Crippen molar-refractivity contribution in [1.82, 2.24) is 4.98 Å². The number of aromatic nitrogens is 1. The summed E-state index contributed by atoms with van der Waals surface area (Å²) in [6.07, 6.45) is 1.47. The Morgan fingerprint density at radius 2 is 2.06 bits per heavy atom. The number of nitrogens with zero attached hydrogens (tertiary/aromatic N) is 1. The van der Waals surface area contributed by atoms with Crippen LogP contribution in [-0.4, -0.2) is 17.9 Å². The van der Waals surface area contributed by atoms with E-state index in [0.29, 0.717) is 11.3 Å². The molecular formula is C14H12FNO2. The molecule has 0 unspecified atom stereocenters. The third-order valence-electron chi connectivity index (χ3n) is 2.58. The Bertz CT molecular complexity index is 579. The van der Waals surface area contributed by atoms with Gasteiger partial charge in [0.05, 0.1) is 12.7 Å². The highest BCUT2D eigenvalue weighted by Gasteiger charge is 2.15. The molecule has 0 saturated heterocycles. The van der Waals surface area contributed by atoms with Crippen molar-refractivity contribution in [3.63, 3.8) is 0 Å². The van der Waals surface area contributed by atoms with Crippen LogP contribution in [0.15, 0.2) is 36.5 Å². The summed E-state index contributed by atoms with van der Waals surface area (Å²) in [4.78, 5) is 16.3. The maximum atomic E-state index is 13.2. The van der Waals surface area contributed by atoms with Crippen molar-refractivity contribution in [2.45, 2.75) is 6.92 Å². The third-order valence-corrected chi connectivity index (χ3v) is 2.58. The van der Waals surface area contributed by atoms with Crippen molar-refractivity contribution in [2.75, 3.05) is 7.11 Å². The molecule has 1 aromatic heterocycles. The quantitative estimate of drug-likeness (QED) is 0.780. The maximum Gasteiger partial charge on any atom is 0.198 e. The average Bonchev–Trinajstić information content (AvgIpc) is 2.39. The molecule has 3 nitrogen and oxygen atoms in total. The van der Waals surface area contributed by atoms with Crippen molar-refractivity contribution in [1.29, 1.82) is 0 Å². The summed E-state index contributed by atoms with van der Waals surface area (Å²) in [6.45, 7) is 1.83. The number of hydrogen-bond acceptors (Lipinski definition) is 3. The Hall–Kier alpha value is -2.23. The molecule has 0 fully saturated rings. The summed E-state index contributed by atoms with van der Waals surface area (Å²) in [5.74, 6) is -0.431. The molecule has 0 spiro atoms. The number of carbonyl (C=O) groups excluding carboxylic acids is 1. The van der Waals surface area contributed by atoms with Gasteiger partial charge in [-0.2, -0.15) is 0 Å². The molecule has 18 heavy (non-hydrogen) atoms. The smallest absolute Gasteiger partial charge is 0.198 e. The van der Waals surface area contributed by atoms with E-state index < -0.39 is 5.82 Å². The Kier molecular flexibility index (Phi) is 3.37. The van der Waals surface area contributed by atoms with Crippen LogP contribution < -0.4 is 4.74 Å². The Balaban J connectivity index is 2.45. The first kappa shape index (κ1) is 12.2. The minimum atomic E-state index is -0.473. The number of rotatable bonds is 3. The van der Waals surface area contributed by atoms with E-state index in [2.05, 4.69) is 4.98 Å². The van der Waals surface area contributed by atoms with Gasteiger partial charge in [0.1, 0.15) is 11.6 Å².